The second-order valence-electron chi connectivity index (χ2n) is 6.63. The number of aromatic amines is 1. The fourth-order valence-corrected chi connectivity index (χ4v) is 3.66. The standard InChI is InChI=1S/C22H25N5OS/c1-2-3-4-7-17-10-12-18(13-11-17)14-15-22(28)23-19-8-5-6-9-20(19)29-16-21-24-26-27-25-21/h5-6,8-15H,2-4,7,16H2,1H3,(H,23,28)(H,24,25,26,27). The van der Waals surface area contributed by atoms with Crippen LogP contribution >= 0.6 is 11.8 Å². The Morgan fingerprint density at radius 2 is 1.97 bits per heavy atom. The van der Waals surface area contributed by atoms with Gasteiger partial charge in [0.2, 0.25) is 5.91 Å². The Kier molecular flexibility index (Phi) is 8.01. The lowest BCUT2D eigenvalue weighted by Gasteiger charge is -2.08. The molecule has 1 amide bonds. The van der Waals surface area contributed by atoms with Crippen LogP contribution in [0.4, 0.5) is 5.69 Å². The van der Waals surface area contributed by atoms with Gasteiger partial charge in [-0.2, -0.15) is 5.21 Å². The van der Waals surface area contributed by atoms with Crippen LogP contribution in [-0.4, -0.2) is 26.5 Å². The van der Waals surface area contributed by atoms with Gasteiger partial charge in [0, 0.05) is 11.0 Å². The van der Waals surface area contributed by atoms with Crippen LogP contribution in [0.1, 0.15) is 43.1 Å². The predicted octanol–water partition coefficient (Wildman–Crippen LogP) is 4.88. The van der Waals surface area contributed by atoms with Crippen molar-refractivity contribution in [2.24, 2.45) is 0 Å². The largest absolute Gasteiger partial charge is 0.321 e. The number of rotatable bonds is 10. The molecule has 0 bridgehead atoms. The van der Waals surface area contributed by atoms with Crippen molar-refractivity contribution < 1.29 is 4.79 Å². The molecule has 0 aliphatic rings. The fourth-order valence-electron chi connectivity index (χ4n) is 2.80. The molecule has 0 unspecified atom stereocenters. The molecule has 0 aliphatic heterocycles. The van der Waals surface area contributed by atoms with Gasteiger partial charge in [-0.15, -0.1) is 22.0 Å². The number of H-pyrrole nitrogens is 1. The number of aryl methyl sites for hydroxylation is 1. The van der Waals surface area contributed by atoms with Crippen molar-refractivity contribution in [2.45, 2.75) is 43.3 Å². The summed E-state index contributed by atoms with van der Waals surface area (Å²) in [5, 5.41) is 16.8. The second kappa shape index (κ2) is 11.2. The smallest absolute Gasteiger partial charge is 0.248 e. The Hall–Kier alpha value is -2.93. The average Bonchev–Trinajstić information content (AvgIpc) is 3.26. The minimum Gasteiger partial charge on any atom is -0.321 e. The van der Waals surface area contributed by atoms with Crippen molar-refractivity contribution in [3.63, 3.8) is 0 Å². The van der Waals surface area contributed by atoms with Crippen LogP contribution in [-0.2, 0) is 17.0 Å². The summed E-state index contributed by atoms with van der Waals surface area (Å²) in [7, 11) is 0. The topological polar surface area (TPSA) is 83.6 Å². The number of amides is 1. The number of anilines is 1. The highest BCUT2D eigenvalue weighted by atomic mass is 32.2. The zero-order valence-electron chi connectivity index (χ0n) is 16.5. The Balaban J connectivity index is 1.55. The van der Waals surface area contributed by atoms with E-state index in [0.29, 0.717) is 11.6 Å². The lowest BCUT2D eigenvalue weighted by molar-refractivity contribution is -0.111. The van der Waals surface area contributed by atoms with E-state index in [1.807, 2.05) is 30.3 Å². The van der Waals surface area contributed by atoms with E-state index in [9.17, 15) is 4.79 Å². The highest BCUT2D eigenvalue weighted by Gasteiger charge is 2.07. The van der Waals surface area contributed by atoms with Crippen molar-refractivity contribution >= 4 is 29.4 Å². The normalized spacial score (nSPS) is 11.1. The van der Waals surface area contributed by atoms with Crippen molar-refractivity contribution in [1.29, 1.82) is 0 Å². The second-order valence-corrected chi connectivity index (χ2v) is 7.65. The molecular formula is C22H25N5OS. The van der Waals surface area contributed by atoms with Gasteiger partial charge < -0.3 is 5.32 Å². The summed E-state index contributed by atoms with van der Waals surface area (Å²) in [5.41, 5.74) is 3.12. The number of nitrogens with one attached hydrogen (secondary N) is 2. The van der Waals surface area contributed by atoms with E-state index in [2.05, 4.69) is 57.1 Å². The van der Waals surface area contributed by atoms with Crippen LogP contribution in [0, 0.1) is 0 Å². The molecule has 2 N–H and O–H groups in total. The first-order valence-electron chi connectivity index (χ1n) is 9.76. The average molecular weight is 408 g/mol. The number of benzene rings is 2. The van der Waals surface area contributed by atoms with E-state index in [-0.39, 0.29) is 5.91 Å². The predicted molar refractivity (Wildman–Crippen MR) is 118 cm³/mol. The monoisotopic (exact) mass is 407 g/mol. The summed E-state index contributed by atoms with van der Waals surface area (Å²) < 4.78 is 0. The number of hydrogen-bond donors (Lipinski definition) is 2. The number of aromatic nitrogens is 4. The molecule has 0 fully saturated rings. The van der Waals surface area contributed by atoms with Gasteiger partial charge in [0.1, 0.15) is 0 Å². The summed E-state index contributed by atoms with van der Waals surface area (Å²) in [6, 6.07) is 16.1. The third-order valence-corrected chi connectivity index (χ3v) is 5.44. The molecule has 1 aromatic heterocycles. The van der Waals surface area contributed by atoms with Gasteiger partial charge in [-0.05, 0) is 42.2 Å². The molecule has 6 nitrogen and oxygen atoms in total. The first-order valence-corrected chi connectivity index (χ1v) is 10.8. The summed E-state index contributed by atoms with van der Waals surface area (Å²) in [4.78, 5) is 13.3. The van der Waals surface area contributed by atoms with Crippen molar-refractivity contribution in [1.82, 2.24) is 20.6 Å². The van der Waals surface area contributed by atoms with E-state index in [0.717, 1.165) is 22.6 Å². The molecule has 0 spiro atoms. The lowest BCUT2D eigenvalue weighted by atomic mass is 10.1. The van der Waals surface area contributed by atoms with Gasteiger partial charge in [-0.25, -0.2) is 0 Å². The number of carbonyl (C=O) groups is 1. The van der Waals surface area contributed by atoms with Crippen LogP contribution in [0.3, 0.4) is 0 Å². The van der Waals surface area contributed by atoms with Crippen molar-refractivity contribution in [3.05, 3.63) is 71.6 Å². The van der Waals surface area contributed by atoms with E-state index in [1.54, 1.807) is 17.8 Å². The molecule has 0 aliphatic carbocycles. The van der Waals surface area contributed by atoms with E-state index >= 15 is 0 Å². The maximum atomic E-state index is 12.4. The molecule has 0 saturated heterocycles. The molecule has 0 atom stereocenters. The molecule has 7 heteroatoms. The third-order valence-electron chi connectivity index (χ3n) is 4.37. The summed E-state index contributed by atoms with van der Waals surface area (Å²) in [5.74, 6) is 1.03. The Labute approximate surface area is 175 Å². The zero-order valence-corrected chi connectivity index (χ0v) is 17.3. The minimum absolute atomic E-state index is 0.162. The van der Waals surface area contributed by atoms with Crippen LogP contribution in [0.25, 0.3) is 6.08 Å². The molecule has 1 heterocycles. The number of hydrogen-bond acceptors (Lipinski definition) is 5. The number of tetrazole rings is 1. The number of thioether (sulfide) groups is 1. The van der Waals surface area contributed by atoms with Crippen LogP contribution < -0.4 is 5.32 Å². The Morgan fingerprint density at radius 3 is 2.72 bits per heavy atom. The van der Waals surface area contributed by atoms with Gasteiger partial charge >= 0.3 is 0 Å². The number of nitrogens with zero attached hydrogens (tertiary/aromatic N) is 3. The van der Waals surface area contributed by atoms with Crippen LogP contribution in [0.15, 0.2) is 59.5 Å². The van der Waals surface area contributed by atoms with Gasteiger partial charge in [0.25, 0.3) is 0 Å². The molecular weight excluding hydrogens is 382 g/mol. The summed E-state index contributed by atoms with van der Waals surface area (Å²) >= 11 is 1.55. The molecule has 3 aromatic rings. The number of carbonyl (C=O) groups excluding carboxylic acids is 1. The third kappa shape index (κ3) is 6.87. The van der Waals surface area contributed by atoms with Crippen molar-refractivity contribution in [2.75, 3.05) is 5.32 Å². The maximum absolute atomic E-state index is 12.4. The first-order chi connectivity index (χ1) is 14.2. The van der Waals surface area contributed by atoms with Gasteiger partial charge in [0.15, 0.2) is 5.82 Å². The SMILES string of the molecule is CCCCCc1ccc(C=CC(=O)Nc2ccccc2SCc2nn[nH]n2)cc1. The van der Waals surface area contributed by atoms with E-state index in [1.165, 1.54) is 24.8 Å². The Morgan fingerprint density at radius 1 is 1.14 bits per heavy atom. The fraction of sp³-hybridized carbons (Fsp3) is 0.273. The molecule has 2 aromatic carbocycles. The van der Waals surface area contributed by atoms with Gasteiger partial charge in [-0.3, -0.25) is 4.79 Å². The van der Waals surface area contributed by atoms with Gasteiger partial charge in [0.05, 0.1) is 11.4 Å². The summed E-state index contributed by atoms with van der Waals surface area (Å²) in [6.45, 7) is 2.21. The van der Waals surface area contributed by atoms with Gasteiger partial charge in [-0.1, -0.05) is 61.4 Å². The maximum Gasteiger partial charge on any atom is 0.248 e. The van der Waals surface area contributed by atoms with E-state index < -0.39 is 0 Å². The molecule has 0 radical (unpaired) electrons. The molecule has 29 heavy (non-hydrogen) atoms. The van der Waals surface area contributed by atoms with Crippen molar-refractivity contribution in [3.8, 4) is 0 Å². The highest BCUT2D eigenvalue weighted by Crippen LogP contribution is 2.28. The van der Waals surface area contributed by atoms with Crippen LogP contribution in [0.2, 0.25) is 0 Å². The Bertz CT molecular complexity index is 923. The summed E-state index contributed by atoms with van der Waals surface area (Å²) in [6.07, 6.45) is 8.22. The highest BCUT2D eigenvalue weighted by molar-refractivity contribution is 7.98. The molecule has 3 rings (SSSR count). The minimum atomic E-state index is -0.162. The van der Waals surface area contributed by atoms with Crippen LogP contribution in [0.5, 0.6) is 0 Å². The van der Waals surface area contributed by atoms with E-state index in [4.69, 9.17) is 0 Å². The molecule has 0 saturated carbocycles. The number of para-hydroxylation sites is 1. The lowest BCUT2D eigenvalue weighted by Crippen LogP contribution is -2.08. The number of unbranched alkanes of at least 4 members (excludes halogenated alkanes) is 2. The zero-order chi connectivity index (χ0) is 20.3. The first kappa shape index (κ1) is 20.8. The molecule has 150 valence electrons. The quantitative estimate of drug-likeness (QED) is 0.284.